The molecule has 18 heavy (non-hydrogen) atoms. The summed E-state index contributed by atoms with van der Waals surface area (Å²) in [5, 5.41) is -3.07. The fourth-order valence-electron chi connectivity index (χ4n) is 1.43. The van der Waals surface area contributed by atoms with Crippen LogP contribution in [0.5, 0.6) is 0 Å². The van der Waals surface area contributed by atoms with Gasteiger partial charge in [0.2, 0.25) is 0 Å². The van der Waals surface area contributed by atoms with Gasteiger partial charge in [0.15, 0.2) is 34.9 Å². The van der Waals surface area contributed by atoms with Crippen molar-refractivity contribution in [1.82, 2.24) is 0 Å². The van der Waals surface area contributed by atoms with Gasteiger partial charge in [-0.25, -0.2) is 30.7 Å². The fourth-order valence-corrected chi connectivity index (χ4v) is 1.43. The van der Waals surface area contributed by atoms with Crippen molar-refractivity contribution in [3.05, 3.63) is 46.8 Å². The van der Waals surface area contributed by atoms with Crippen LogP contribution < -0.4 is 0 Å². The van der Waals surface area contributed by atoms with E-state index in [4.69, 9.17) is 0 Å². The zero-order valence-corrected chi connectivity index (χ0v) is 8.97. The van der Waals surface area contributed by atoms with Gasteiger partial charge in [-0.1, -0.05) is 0 Å². The number of hydrogen-bond donors (Lipinski definition) is 0. The molecule has 1 radical (unpaired) electrons. The van der Waals surface area contributed by atoms with Crippen LogP contribution in [0, 0.1) is 40.7 Å². The summed E-state index contributed by atoms with van der Waals surface area (Å²) in [5.41, 5.74) is 0. The minimum Gasteiger partial charge on any atom is -0.206 e. The maximum Gasteiger partial charge on any atom is 0.198 e. The van der Waals surface area contributed by atoms with Crippen molar-refractivity contribution in [3.8, 4) is 0 Å². The molecule has 0 aliphatic heterocycles. The Kier molecular flexibility index (Phi) is 3.92. The Labute approximate surface area is 106 Å². The molecule has 0 saturated heterocycles. The fraction of sp³-hybridized carbons (Fsp3) is 0. The quantitative estimate of drug-likeness (QED) is 0.300. The van der Waals surface area contributed by atoms with E-state index in [0.29, 0.717) is 0 Å². The van der Waals surface area contributed by atoms with Crippen molar-refractivity contribution in [2.24, 2.45) is 0 Å². The van der Waals surface area contributed by atoms with Gasteiger partial charge in [-0.3, -0.25) is 0 Å². The molecule has 0 unspecified atom stereocenters. The minimum absolute atomic E-state index is 0. The van der Waals surface area contributed by atoms with Gasteiger partial charge in [0.1, 0.15) is 5.82 Å². The smallest absolute Gasteiger partial charge is 0.198 e. The van der Waals surface area contributed by atoms with Crippen LogP contribution in [0.25, 0.3) is 10.8 Å². The first-order valence-electron chi connectivity index (χ1n) is 4.15. The maximum absolute atomic E-state index is 13.1. The van der Waals surface area contributed by atoms with Crippen molar-refractivity contribution >= 4 is 10.8 Å². The molecule has 0 fully saturated rings. The van der Waals surface area contributed by atoms with Gasteiger partial charge in [0.05, 0.1) is 10.8 Å². The van der Waals surface area contributed by atoms with Gasteiger partial charge in [0.25, 0.3) is 0 Å². The molecule has 101 valence electrons. The molecule has 0 atom stereocenters. The second-order valence-corrected chi connectivity index (χ2v) is 3.16. The van der Waals surface area contributed by atoms with Crippen molar-refractivity contribution in [2.75, 3.05) is 0 Å². The maximum atomic E-state index is 13.1. The van der Waals surface area contributed by atoms with E-state index < -0.39 is 51.5 Å². The predicted octanol–water partition coefficient (Wildman–Crippen LogP) is 3.81. The topological polar surface area (TPSA) is 0 Å². The molecule has 0 heterocycles. The van der Waals surface area contributed by atoms with Gasteiger partial charge in [0, 0.05) is 23.1 Å². The van der Waals surface area contributed by atoms with E-state index in [1.165, 1.54) is 0 Å². The average Bonchev–Trinajstić information content (AvgIpc) is 2.28. The van der Waals surface area contributed by atoms with Crippen LogP contribution in [0.1, 0.15) is 0 Å². The van der Waals surface area contributed by atoms with Crippen LogP contribution >= 0.6 is 0 Å². The Bertz CT molecular complexity index is 638. The Morgan fingerprint density at radius 1 is 0.500 bits per heavy atom. The van der Waals surface area contributed by atoms with Gasteiger partial charge in [-0.05, 0) is 0 Å². The van der Waals surface area contributed by atoms with Gasteiger partial charge < -0.3 is 0 Å². The third-order valence-electron chi connectivity index (χ3n) is 2.19. The second-order valence-electron chi connectivity index (χ2n) is 3.16. The average molecular weight is 318 g/mol. The van der Waals surface area contributed by atoms with Crippen molar-refractivity contribution in [3.63, 3.8) is 0 Å². The summed E-state index contributed by atoms with van der Waals surface area (Å²) >= 11 is 0. The Hall–Kier alpha value is -1.27. The standard InChI is InChI=1S/C10HF7.Cu/c11-2-1-3(12)6(13)5-4(2)7(14)9(16)10(17)8(5)15;/h1H;. The molecule has 2 rings (SSSR count). The summed E-state index contributed by atoms with van der Waals surface area (Å²) in [6.45, 7) is 0. The zero-order chi connectivity index (χ0) is 12.9. The Morgan fingerprint density at radius 2 is 0.944 bits per heavy atom. The van der Waals surface area contributed by atoms with E-state index in [1.807, 2.05) is 0 Å². The molecule has 0 spiro atoms. The van der Waals surface area contributed by atoms with Crippen LogP contribution in [0.2, 0.25) is 0 Å². The summed E-state index contributed by atoms with van der Waals surface area (Å²) in [4.78, 5) is 0. The molecule has 0 aliphatic rings. The molecule has 0 bridgehead atoms. The molecular formula is C10HCuF7. The Morgan fingerprint density at radius 3 is 1.44 bits per heavy atom. The first-order chi connectivity index (χ1) is 7.86. The van der Waals surface area contributed by atoms with E-state index in [1.54, 1.807) is 0 Å². The minimum atomic E-state index is -2.33. The van der Waals surface area contributed by atoms with Gasteiger partial charge in [-0.15, -0.1) is 0 Å². The second kappa shape index (κ2) is 4.78. The molecule has 0 amide bonds. The SMILES string of the molecule is Fc1cc(F)c2c(F)c(F)c(F)c(F)c2c1F.[Cu]. The van der Waals surface area contributed by atoms with Gasteiger partial charge in [-0.2, -0.15) is 0 Å². The normalized spacial score (nSPS) is 10.6. The van der Waals surface area contributed by atoms with Crippen LogP contribution in [-0.2, 0) is 17.1 Å². The molecular weight excluding hydrogens is 317 g/mol. The van der Waals surface area contributed by atoms with E-state index in [0.717, 1.165) is 0 Å². The number of benzene rings is 2. The molecule has 2 aromatic rings. The van der Waals surface area contributed by atoms with Crippen molar-refractivity contribution in [1.29, 1.82) is 0 Å². The summed E-state index contributed by atoms with van der Waals surface area (Å²) < 4.78 is 90.6. The number of fused-ring (bicyclic) bond motifs is 1. The van der Waals surface area contributed by atoms with E-state index in [-0.39, 0.29) is 23.1 Å². The first kappa shape index (κ1) is 14.8. The summed E-state index contributed by atoms with van der Waals surface area (Å²) in [6.07, 6.45) is 0. The van der Waals surface area contributed by atoms with Crippen LogP contribution in [-0.4, -0.2) is 0 Å². The summed E-state index contributed by atoms with van der Waals surface area (Å²) in [5.74, 6) is -14.5. The zero-order valence-electron chi connectivity index (χ0n) is 8.02. The number of rotatable bonds is 0. The molecule has 0 aromatic heterocycles. The third kappa shape index (κ3) is 1.85. The monoisotopic (exact) mass is 317 g/mol. The van der Waals surface area contributed by atoms with Crippen LogP contribution in [0.4, 0.5) is 30.7 Å². The van der Waals surface area contributed by atoms with E-state index in [9.17, 15) is 30.7 Å². The van der Waals surface area contributed by atoms with Crippen LogP contribution in [0.3, 0.4) is 0 Å². The van der Waals surface area contributed by atoms with E-state index >= 15 is 0 Å². The van der Waals surface area contributed by atoms with E-state index in [2.05, 4.69) is 0 Å². The van der Waals surface area contributed by atoms with Crippen molar-refractivity contribution < 1.29 is 47.8 Å². The van der Waals surface area contributed by atoms with Crippen molar-refractivity contribution in [2.45, 2.75) is 0 Å². The van der Waals surface area contributed by atoms with Crippen LogP contribution in [0.15, 0.2) is 6.07 Å². The third-order valence-corrected chi connectivity index (χ3v) is 2.19. The summed E-state index contributed by atoms with van der Waals surface area (Å²) in [7, 11) is 0. The number of hydrogen-bond acceptors (Lipinski definition) is 0. The first-order valence-corrected chi connectivity index (χ1v) is 4.15. The molecule has 0 saturated carbocycles. The predicted molar refractivity (Wildman–Crippen MR) is 43.7 cm³/mol. The molecule has 0 nitrogen and oxygen atoms in total. The largest absolute Gasteiger partial charge is 0.206 e. The molecule has 0 N–H and O–H groups in total. The summed E-state index contributed by atoms with van der Waals surface area (Å²) in [6, 6.07) is -0.0858. The molecule has 8 heteroatoms. The molecule has 0 aliphatic carbocycles. The molecule has 2 aromatic carbocycles. The number of halogens is 7. The van der Waals surface area contributed by atoms with Gasteiger partial charge >= 0.3 is 0 Å². The Balaban J connectivity index is 0.00000162.